The quantitative estimate of drug-likeness (QED) is 0.915. The van der Waals surface area contributed by atoms with Crippen LogP contribution in [0.1, 0.15) is 11.7 Å². The Balaban J connectivity index is 1.81. The molecule has 0 radical (unpaired) electrons. The molecule has 98 valence electrons. The summed E-state index contributed by atoms with van der Waals surface area (Å²) < 4.78 is 11.4. The van der Waals surface area contributed by atoms with E-state index in [0.717, 1.165) is 5.56 Å². The molecule has 0 saturated carbocycles. The summed E-state index contributed by atoms with van der Waals surface area (Å²) >= 11 is 5.93. The van der Waals surface area contributed by atoms with Gasteiger partial charge in [-0.1, -0.05) is 35.9 Å². The number of fused-ring (bicyclic) bond motifs is 1. The van der Waals surface area contributed by atoms with Crippen LogP contribution in [0.25, 0.3) is 0 Å². The van der Waals surface area contributed by atoms with Gasteiger partial charge in [0, 0.05) is 5.02 Å². The van der Waals surface area contributed by atoms with E-state index in [9.17, 15) is 5.11 Å². The molecular formula is C15H13ClO3. The summed E-state index contributed by atoms with van der Waals surface area (Å²) in [5.41, 5.74) is 0.723. The summed E-state index contributed by atoms with van der Waals surface area (Å²) in [7, 11) is 0. The lowest BCUT2D eigenvalue weighted by Gasteiger charge is -2.29. The molecule has 3 nitrogen and oxygen atoms in total. The van der Waals surface area contributed by atoms with Crippen molar-refractivity contribution in [3.63, 3.8) is 0 Å². The van der Waals surface area contributed by atoms with E-state index in [0.29, 0.717) is 23.1 Å². The summed E-state index contributed by atoms with van der Waals surface area (Å²) in [5, 5.41) is 10.9. The third-order valence-electron chi connectivity index (χ3n) is 3.07. The highest BCUT2D eigenvalue weighted by Gasteiger charge is 2.28. The van der Waals surface area contributed by atoms with Crippen LogP contribution in [-0.4, -0.2) is 17.8 Å². The maximum Gasteiger partial charge on any atom is 0.163 e. The molecule has 19 heavy (non-hydrogen) atoms. The highest BCUT2D eigenvalue weighted by Crippen LogP contribution is 2.34. The lowest BCUT2D eigenvalue weighted by Crippen LogP contribution is -2.34. The van der Waals surface area contributed by atoms with Gasteiger partial charge in [-0.15, -0.1) is 0 Å². The van der Waals surface area contributed by atoms with Gasteiger partial charge in [0.25, 0.3) is 0 Å². The molecule has 0 aromatic heterocycles. The lowest BCUT2D eigenvalue weighted by atomic mass is 10.0. The summed E-state index contributed by atoms with van der Waals surface area (Å²) in [6, 6.07) is 14.6. The minimum atomic E-state index is -0.771. The summed E-state index contributed by atoms with van der Waals surface area (Å²) in [6.45, 7) is 0.310. The van der Waals surface area contributed by atoms with Crippen molar-refractivity contribution < 1.29 is 14.6 Å². The normalized spacial score (nSPS) is 18.9. The van der Waals surface area contributed by atoms with Crippen molar-refractivity contribution >= 4 is 11.6 Å². The Kier molecular flexibility index (Phi) is 3.32. The van der Waals surface area contributed by atoms with Gasteiger partial charge >= 0.3 is 0 Å². The maximum absolute atomic E-state index is 10.3. The zero-order chi connectivity index (χ0) is 13.2. The Bertz CT molecular complexity index is 585. The van der Waals surface area contributed by atoms with Crippen LogP contribution >= 0.6 is 11.6 Å². The Morgan fingerprint density at radius 1 is 1.11 bits per heavy atom. The van der Waals surface area contributed by atoms with Crippen LogP contribution in [0.15, 0.2) is 48.5 Å². The fourth-order valence-corrected chi connectivity index (χ4v) is 2.30. The van der Waals surface area contributed by atoms with Gasteiger partial charge in [0.05, 0.1) is 0 Å². The first-order valence-electron chi connectivity index (χ1n) is 6.06. The van der Waals surface area contributed by atoms with E-state index in [1.54, 1.807) is 18.2 Å². The van der Waals surface area contributed by atoms with E-state index < -0.39 is 12.2 Å². The molecule has 0 aliphatic carbocycles. The predicted octanol–water partition coefficient (Wildman–Crippen LogP) is 3.21. The number of hydrogen-bond donors (Lipinski definition) is 1. The van der Waals surface area contributed by atoms with Crippen LogP contribution in [0, 0.1) is 0 Å². The molecule has 2 aromatic rings. The molecule has 0 spiro atoms. The first-order valence-corrected chi connectivity index (χ1v) is 6.44. The fourth-order valence-electron chi connectivity index (χ4n) is 2.10. The van der Waals surface area contributed by atoms with Crippen molar-refractivity contribution in [2.45, 2.75) is 12.2 Å². The molecule has 2 aromatic carbocycles. The van der Waals surface area contributed by atoms with E-state index in [2.05, 4.69) is 0 Å². The first kappa shape index (κ1) is 12.3. The highest BCUT2D eigenvalue weighted by atomic mass is 35.5. The zero-order valence-corrected chi connectivity index (χ0v) is 10.9. The number of aliphatic hydroxyl groups is 1. The first-order chi connectivity index (χ1) is 9.24. The van der Waals surface area contributed by atoms with Crippen molar-refractivity contribution in [2.24, 2.45) is 0 Å². The molecule has 3 rings (SSSR count). The average molecular weight is 277 g/mol. The molecule has 2 atom stereocenters. The third-order valence-corrected chi connectivity index (χ3v) is 3.31. The van der Waals surface area contributed by atoms with E-state index >= 15 is 0 Å². The second kappa shape index (κ2) is 5.11. The monoisotopic (exact) mass is 276 g/mol. The van der Waals surface area contributed by atoms with E-state index in [1.165, 1.54) is 0 Å². The molecule has 0 saturated heterocycles. The van der Waals surface area contributed by atoms with Crippen LogP contribution in [-0.2, 0) is 0 Å². The van der Waals surface area contributed by atoms with Gasteiger partial charge in [-0.2, -0.15) is 0 Å². The lowest BCUT2D eigenvalue weighted by molar-refractivity contribution is -0.0113. The standard InChI is InChI=1S/C15H13ClO3/c16-11-5-3-4-10(8-11)15(17)14-9-18-12-6-1-2-7-13(12)19-14/h1-8,14-15,17H,9H2. The number of aliphatic hydroxyl groups excluding tert-OH is 1. The molecule has 0 amide bonds. The van der Waals surface area contributed by atoms with Crippen molar-refractivity contribution in [2.75, 3.05) is 6.61 Å². The second-order valence-electron chi connectivity index (χ2n) is 4.41. The Hall–Kier alpha value is -1.71. The van der Waals surface area contributed by atoms with E-state index in [1.807, 2.05) is 30.3 Å². The van der Waals surface area contributed by atoms with Gasteiger partial charge in [0.15, 0.2) is 17.6 Å². The van der Waals surface area contributed by atoms with Crippen molar-refractivity contribution in [3.8, 4) is 11.5 Å². The van der Waals surface area contributed by atoms with Gasteiger partial charge in [-0.05, 0) is 29.8 Å². The minimum absolute atomic E-state index is 0.310. The zero-order valence-electron chi connectivity index (χ0n) is 10.1. The van der Waals surface area contributed by atoms with Crippen molar-refractivity contribution in [1.29, 1.82) is 0 Å². The van der Waals surface area contributed by atoms with Crippen LogP contribution in [0.5, 0.6) is 11.5 Å². The predicted molar refractivity (Wildman–Crippen MR) is 72.8 cm³/mol. The molecule has 0 bridgehead atoms. The molecule has 1 aliphatic heterocycles. The number of hydrogen-bond acceptors (Lipinski definition) is 3. The van der Waals surface area contributed by atoms with Gasteiger partial charge < -0.3 is 14.6 Å². The highest BCUT2D eigenvalue weighted by molar-refractivity contribution is 6.30. The Labute approximate surface area is 116 Å². The summed E-state index contributed by atoms with van der Waals surface area (Å²) in [5.74, 6) is 1.36. The van der Waals surface area contributed by atoms with Gasteiger partial charge in [-0.25, -0.2) is 0 Å². The van der Waals surface area contributed by atoms with Crippen LogP contribution in [0.4, 0.5) is 0 Å². The Morgan fingerprint density at radius 2 is 1.89 bits per heavy atom. The second-order valence-corrected chi connectivity index (χ2v) is 4.85. The average Bonchev–Trinajstić information content (AvgIpc) is 2.46. The molecular weight excluding hydrogens is 264 g/mol. The molecule has 1 heterocycles. The number of para-hydroxylation sites is 2. The van der Waals surface area contributed by atoms with Crippen LogP contribution < -0.4 is 9.47 Å². The Morgan fingerprint density at radius 3 is 2.68 bits per heavy atom. The smallest absolute Gasteiger partial charge is 0.163 e. The van der Waals surface area contributed by atoms with Crippen molar-refractivity contribution in [1.82, 2.24) is 0 Å². The molecule has 1 N–H and O–H groups in total. The fraction of sp³-hybridized carbons (Fsp3) is 0.200. The van der Waals surface area contributed by atoms with Crippen molar-refractivity contribution in [3.05, 3.63) is 59.1 Å². The topological polar surface area (TPSA) is 38.7 Å². The summed E-state index contributed by atoms with van der Waals surface area (Å²) in [4.78, 5) is 0. The number of rotatable bonds is 2. The van der Waals surface area contributed by atoms with Gasteiger partial charge in [-0.3, -0.25) is 0 Å². The van der Waals surface area contributed by atoms with E-state index in [-0.39, 0.29) is 0 Å². The SMILES string of the molecule is OC(c1cccc(Cl)c1)C1COc2ccccc2O1. The molecule has 2 unspecified atom stereocenters. The number of benzene rings is 2. The molecule has 1 aliphatic rings. The van der Waals surface area contributed by atoms with Crippen LogP contribution in [0.3, 0.4) is 0 Å². The number of ether oxygens (including phenoxy) is 2. The largest absolute Gasteiger partial charge is 0.486 e. The maximum atomic E-state index is 10.3. The molecule has 0 fully saturated rings. The number of halogens is 1. The van der Waals surface area contributed by atoms with E-state index in [4.69, 9.17) is 21.1 Å². The van der Waals surface area contributed by atoms with Crippen LogP contribution in [0.2, 0.25) is 5.02 Å². The molecule has 4 heteroatoms. The summed E-state index contributed by atoms with van der Waals surface area (Å²) in [6.07, 6.45) is -1.21. The minimum Gasteiger partial charge on any atom is -0.486 e. The van der Waals surface area contributed by atoms with Gasteiger partial charge in [0.2, 0.25) is 0 Å². The van der Waals surface area contributed by atoms with Gasteiger partial charge in [0.1, 0.15) is 12.7 Å². The third kappa shape index (κ3) is 2.53.